The highest BCUT2D eigenvalue weighted by molar-refractivity contribution is 5.92. The van der Waals surface area contributed by atoms with Crippen molar-refractivity contribution >= 4 is 5.97 Å². The molecule has 0 unspecified atom stereocenters. The smallest absolute Gasteiger partial charge is 0.345 e. The number of hydrogen-bond donors (Lipinski definition) is 0. The summed E-state index contributed by atoms with van der Waals surface area (Å²) >= 11 is 0. The molecule has 0 saturated heterocycles. The Kier molecular flexibility index (Phi) is 2.49. The minimum atomic E-state index is -0.993. The lowest BCUT2D eigenvalue weighted by Gasteiger charge is -2.42. The SMILES string of the molecule is CC1(C)OC(=O)C2=C(OC[C@@H]3COc4ccccc4[C@@H]23)O1. The van der Waals surface area contributed by atoms with Crippen LogP contribution in [0.4, 0.5) is 0 Å². The standard InChI is InChI=1S/C16H16O5/c1-16(2)20-14(17)13-12-9(8-19-15(13)21-16)7-18-11-6-4-3-5-10(11)12/h3-6,9,12H,7-8H2,1-2H3/t9-,12-/m0/s1. The molecular formula is C16H16O5. The summed E-state index contributed by atoms with van der Waals surface area (Å²) in [5, 5.41) is 0. The summed E-state index contributed by atoms with van der Waals surface area (Å²) in [7, 11) is 0. The van der Waals surface area contributed by atoms with Crippen LogP contribution in [0.3, 0.4) is 0 Å². The third-order valence-electron chi connectivity index (χ3n) is 4.03. The number of carbonyl (C=O) groups is 1. The van der Waals surface area contributed by atoms with Crippen molar-refractivity contribution in [2.24, 2.45) is 5.92 Å². The Bertz CT molecular complexity index is 646. The van der Waals surface area contributed by atoms with Crippen LogP contribution >= 0.6 is 0 Å². The predicted octanol–water partition coefficient (Wildman–Crippen LogP) is 2.33. The summed E-state index contributed by atoms with van der Waals surface area (Å²) in [5.74, 6) is -0.252. The summed E-state index contributed by atoms with van der Waals surface area (Å²) in [6.45, 7) is 4.39. The van der Waals surface area contributed by atoms with Gasteiger partial charge >= 0.3 is 5.97 Å². The molecular weight excluding hydrogens is 272 g/mol. The lowest BCUT2D eigenvalue weighted by atomic mass is 9.78. The first kappa shape index (κ1) is 12.6. The molecule has 21 heavy (non-hydrogen) atoms. The molecule has 0 bridgehead atoms. The van der Waals surface area contributed by atoms with E-state index in [1.165, 1.54) is 0 Å². The largest absolute Gasteiger partial charge is 0.493 e. The van der Waals surface area contributed by atoms with E-state index in [4.69, 9.17) is 18.9 Å². The van der Waals surface area contributed by atoms with Crippen LogP contribution in [0.15, 0.2) is 35.8 Å². The van der Waals surface area contributed by atoms with E-state index in [1.807, 2.05) is 24.3 Å². The van der Waals surface area contributed by atoms with E-state index in [0.29, 0.717) is 24.7 Å². The first-order valence-corrected chi connectivity index (χ1v) is 7.06. The number of esters is 1. The molecule has 0 fully saturated rings. The second-order valence-electron chi connectivity index (χ2n) is 5.99. The van der Waals surface area contributed by atoms with Crippen molar-refractivity contribution in [3.63, 3.8) is 0 Å². The maximum absolute atomic E-state index is 12.4. The Morgan fingerprint density at radius 1 is 1.10 bits per heavy atom. The Balaban J connectivity index is 1.85. The van der Waals surface area contributed by atoms with Crippen LogP contribution in [0.25, 0.3) is 0 Å². The van der Waals surface area contributed by atoms with Gasteiger partial charge in [-0.2, -0.15) is 0 Å². The van der Waals surface area contributed by atoms with Gasteiger partial charge in [0.1, 0.15) is 11.3 Å². The fourth-order valence-electron chi connectivity index (χ4n) is 3.16. The molecule has 3 heterocycles. The highest BCUT2D eigenvalue weighted by atomic mass is 16.8. The average molecular weight is 288 g/mol. The van der Waals surface area contributed by atoms with Crippen molar-refractivity contribution in [2.75, 3.05) is 13.2 Å². The number of rotatable bonds is 0. The number of hydrogen-bond acceptors (Lipinski definition) is 5. The van der Waals surface area contributed by atoms with Crippen LogP contribution in [0, 0.1) is 5.92 Å². The minimum Gasteiger partial charge on any atom is -0.493 e. The highest BCUT2D eigenvalue weighted by Crippen LogP contribution is 2.48. The lowest BCUT2D eigenvalue weighted by Crippen LogP contribution is -2.45. The molecule has 0 amide bonds. The van der Waals surface area contributed by atoms with Gasteiger partial charge in [0.15, 0.2) is 0 Å². The van der Waals surface area contributed by atoms with Crippen molar-refractivity contribution in [3.8, 4) is 5.75 Å². The molecule has 0 saturated carbocycles. The highest BCUT2D eigenvalue weighted by Gasteiger charge is 2.48. The van der Waals surface area contributed by atoms with E-state index in [2.05, 4.69) is 0 Å². The van der Waals surface area contributed by atoms with Gasteiger partial charge in [-0.3, -0.25) is 0 Å². The van der Waals surface area contributed by atoms with Gasteiger partial charge in [0.05, 0.1) is 13.2 Å². The molecule has 0 spiro atoms. The summed E-state index contributed by atoms with van der Waals surface area (Å²) in [4.78, 5) is 12.4. The van der Waals surface area contributed by atoms with Crippen molar-refractivity contribution in [1.29, 1.82) is 0 Å². The molecule has 3 aliphatic heterocycles. The van der Waals surface area contributed by atoms with E-state index in [9.17, 15) is 4.79 Å². The zero-order chi connectivity index (χ0) is 14.6. The molecule has 0 N–H and O–H groups in total. The molecule has 3 aliphatic rings. The molecule has 5 heteroatoms. The van der Waals surface area contributed by atoms with Crippen LogP contribution in [0.2, 0.25) is 0 Å². The lowest BCUT2D eigenvalue weighted by molar-refractivity contribution is -0.233. The normalized spacial score (nSPS) is 29.0. The van der Waals surface area contributed by atoms with Crippen LogP contribution in [0.5, 0.6) is 5.75 Å². The molecule has 4 rings (SSSR count). The second kappa shape index (κ2) is 4.16. The molecule has 5 nitrogen and oxygen atoms in total. The first-order chi connectivity index (χ1) is 10.1. The van der Waals surface area contributed by atoms with Crippen LogP contribution in [0.1, 0.15) is 25.3 Å². The van der Waals surface area contributed by atoms with E-state index in [1.54, 1.807) is 13.8 Å². The van der Waals surface area contributed by atoms with Gasteiger partial charge in [-0.15, -0.1) is 0 Å². The van der Waals surface area contributed by atoms with Crippen molar-refractivity contribution in [1.82, 2.24) is 0 Å². The summed E-state index contributed by atoms with van der Waals surface area (Å²) < 4.78 is 22.5. The van der Waals surface area contributed by atoms with Crippen molar-refractivity contribution in [2.45, 2.75) is 25.6 Å². The molecule has 0 aliphatic carbocycles. The number of cyclic esters (lactones) is 1. The summed E-state index contributed by atoms with van der Waals surface area (Å²) in [6, 6.07) is 7.77. The number of benzene rings is 1. The van der Waals surface area contributed by atoms with E-state index >= 15 is 0 Å². The van der Waals surface area contributed by atoms with Crippen molar-refractivity contribution in [3.05, 3.63) is 41.3 Å². The van der Waals surface area contributed by atoms with Crippen LogP contribution in [-0.2, 0) is 19.0 Å². The maximum atomic E-state index is 12.4. The van der Waals surface area contributed by atoms with Gasteiger partial charge in [0.2, 0.25) is 0 Å². The third kappa shape index (κ3) is 1.87. The van der Waals surface area contributed by atoms with Crippen LogP contribution < -0.4 is 4.74 Å². The molecule has 1 aromatic rings. The number of ether oxygens (including phenoxy) is 4. The predicted molar refractivity (Wildman–Crippen MR) is 72.4 cm³/mol. The average Bonchev–Trinajstić information content (AvgIpc) is 2.45. The number of carbonyl (C=O) groups excluding carboxylic acids is 1. The van der Waals surface area contributed by atoms with E-state index < -0.39 is 5.79 Å². The fraction of sp³-hybridized carbons (Fsp3) is 0.438. The zero-order valence-corrected chi connectivity index (χ0v) is 11.9. The Morgan fingerprint density at radius 3 is 2.71 bits per heavy atom. The molecule has 1 aromatic carbocycles. The number of para-hydroxylation sites is 1. The molecule has 110 valence electrons. The van der Waals surface area contributed by atoms with E-state index in [-0.39, 0.29) is 17.8 Å². The monoisotopic (exact) mass is 288 g/mol. The van der Waals surface area contributed by atoms with Gasteiger partial charge in [-0.05, 0) is 6.07 Å². The molecule has 2 atom stereocenters. The Morgan fingerprint density at radius 2 is 1.86 bits per heavy atom. The van der Waals surface area contributed by atoms with Crippen molar-refractivity contribution < 1.29 is 23.7 Å². The van der Waals surface area contributed by atoms with E-state index in [0.717, 1.165) is 11.3 Å². The summed E-state index contributed by atoms with van der Waals surface area (Å²) in [5.41, 5.74) is 1.46. The Hall–Kier alpha value is -2.17. The maximum Gasteiger partial charge on any atom is 0.345 e. The topological polar surface area (TPSA) is 54.0 Å². The fourth-order valence-corrected chi connectivity index (χ4v) is 3.16. The Labute approximate surface area is 122 Å². The van der Waals surface area contributed by atoms with Gasteiger partial charge < -0.3 is 18.9 Å². The van der Waals surface area contributed by atoms with Crippen LogP contribution in [-0.4, -0.2) is 25.0 Å². The summed E-state index contributed by atoms with van der Waals surface area (Å²) in [6.07, 6.45) is 0. The molecule has 0 aromatic heterocycles. The minimum absolute atomic E-state index is 0.0935. The number of fused-ring (bicyclic) bond motifs is 4. The third-order valence-corrected chi connectivity index (χ3v) is 4.03. The van der Waals surface area contributed by atoms with Gasteiger partial charge in [0.25, 0.3) is 11.7 Å². The molecule has 0 radical (unpaired) electrons. The van der Waals surface area contributed by atoms with Gasteiger partial charge in [-0.1, -0.05) is 18.2 Å². The van der Waals surface area contributed by atoms with Gasteiger partial charge in [-0.25, -0.2) is 4.79 Å². The zero-order valence-electron chi connectivity index (χ0n) is 11.9. The second-order valence-corrected chi connectivity index (χ2v) is 5.99. The first-order valence-electron chi connectivity index (χ1n) is 7.06. The quantitative estimate of drug-likeness (QED) is 0.686. The van der Waals surface area contributed by atoms with Gasteiger partial charge in [0, 0.05) is 31.2 Å².